The Morgan fingerprint density at radius 3 is 2.61 bits per heavy atom. The Bertz CT molecular complexity index is 1460. The highest BCUT2D eigenvalue weighted by Crippen LogP contribution is 2.46. The van der Waals surface area contributed by atoms with Crippen LogP contribution in [0, 0.1) is 0 Å². The Kier molecular flexibility index (Phi) is 9.30. The molecule has 0 amide bonds. The summed E-state index contributed by atoms with van der Waals surface area (Å²) in [6.45, 7) is 1.42. The molecule has 0 spiro atoms. The van der Waals surface area contributed by atoms with Gasteiger partial charge >= 0.3 is 5.97 Å². The Balaban J connectivity index is 1.78. The second-order valence-corrected chi connectivity index (χ2v) is 12.6. The van der Waals surface area contributed by atoms with Crippen molar-refractivity contribution in [2.75, 3.05) is 24.5 Å². The van der Waals surface area contributed by atoms with Gasteiger partial charge in [-0.2, -0.15) is 0 Å². The Hall–Kier alpha value is -2.66. The van der Waals surface area contributed by atoms with Crippen LogP contribution < -0.4 is 14.4 Å². The van der Waals surface area contributed by atoms with Gasteiger partial charge in [-0.3, -0.25) is 4.31 Å². The SMILES string of the molecule is COC(=O)c1sc(-c2cccc(N(C3CCNCC3)S(=O)(=O)Cc3ccc(Cl)cc3)c2)c(Br)c1OC=C=O. The molecule has 8 nitrogen and oxygen atoms in total. The van der Waals surface area contributed by atoms with Crippen LogP contribution in [0.15, 0.2) is 59.3 Å². The summed E-state index contributed by atoms with van der Waals surface area (Å²) in [5.74, 6) is 0.839. The first-order valence-corrected chi connectivity index (χ1v) is 15.2. The number of nitrogens with one attached hydrogen (secondary N) is 1. The number of rotatable bonds is 9. The number of halogens is 2. The van der Waals surface area contributed by atoms with E-state index in [1.54, 1.807) is 42.5 Å². The van der Waals surface area contributed by atoms with Gasteiger partial charge in [-0.05, 0) is 77.3 Å². The van der Waals surface area contributed by atoms with Crippen molar-refractivity contribution < 1.29 is 27.5 Å². The molecule has 1 fully saturated rings. The maximum absolute atomic E-state index is 13.8. The molecule has 200 valence electrons. The second-order valence-electron chi connectivity index (χ2n) is 8.46. The van der Waals surface area contributed by atoms with Crippen LogP contribution in [0.1, 0.15) is 28.1 Å². The lowest BCUT2D eigenvalue weighted by atomic mass is 10.1. The molecule has 12 heteroatoms. The molecule has 2 aromatic carbocycles. The van der Waals surface area contributed by atoms with Crippen LogP contribution in [0.25, 0.3) is 10.4 Å². The van der Waals surface area contributed by atoms with Crippen molar-refractivity contribution >= 4 is 66.5 Å². The molecule has 4 rings (SSSR count). The van der Waals surface area contributed by atoms with Crippen LogP contribution >= 0.6 is 38.9 Å². The average molecular weight is 640 g/mol. The van der Waals surface area contributed by atoms with E-state index in [1.165, 1.54) is 17.4 Å². The summed E-state index contributed by atoms with van der Waals surface area (Å²) >= 11 is 10.6. The highest BCUT2D eigenvalue weighted by atomic mass is 79.9. The van der Waals surface area contributed by atoms with Crippen LogP contribution in [-0.2, 0) is 25.3 Å². The van der Waals surface area contributed by atoms with E-state index in [0.29, 0.717) is 57.1 Å². The van der Waals surface area contributed by atoms with E-state index < -0.39 is 16.0 Å². The van der Waals surface area contributed by atoms with Crippen LogP contribution in [0.4, 0.5) is 5.69 Å². The molecular formula is C26H24BrClN2O6S2. The van der Waals surface area contributed by atoms with E-state index >= 15 is 0 Å². The second kappa shape index (κ2) is 12.5. The molecule has 0 aliphatic carbocycles. The average Bonchev–Trinajstić information content (AvgIpc) is 3.24. The number of anilines is 1. The number of esters is 1. The lowest BCUT2D eigenvalue weighted by molar-refractivity contribution is 0.0603. The lowest BCUT2D eigenvalue weighted by Crippen LogP contribution is -2.46. The van der Waals surface area contributed by atoms with E-state index in [-0.39, 0.29) is 22.4 Å². The maximum Gasteiger partial charge on any atom is 0.351 e. The fourth-order valence-corrected chi connectivity index (χ4v) is 8.20. The topological polar surface area (TPSA) is 102 Å². The van der Waals surface area contributed by atoms with E-state index in [4.69, 9.17) is 21.1 Å². The predicted octanol–water partition coefficient (Wildman–Crippen LogP) is 5.43. The van der Waals surface area contributed by atoms with Gasteiger partial charge in [0, 0.05) is 11.1 Å². The third-order valence-corrected chi connectivity index (χ3v) is 10.2. The molecule has 0 radical (unpaired) electrons. The van der Waals surface area contributed by atoms with Crippen molar-refractivity contribution in [3.8, 4) is 16.2 Å². The number of hydrogen-bond donors (Lipinski definition) is 1. The van der Waals surface area contributed by atoms with Gasteiger partial charge in [-0.1, -0.05) is 35.9 Å². The molecular weight excluding hydrogens is 616 g/mol. The molecule has 1 N–H and O–H groups in total. The number of thiophene rings is 1. The Labute approximate surface area is 238 Å². The van der Waals surface area contributed by atoms with Gasteiger partial charge in [-0.15, -0.1) is 11.3 Å². The molecule has 1 saturated heterocycles. The van der Waals surface area contributed by atoms with Crippen LogP contribution in [0.2, 0.25) is 5.02 Å². The minimum absolute atomic E-state index is 0.121. The Morgan fingerprint density at radius 2 is 1.95 bits per heavy atom. The van der Waals surface area contributed by atoms with Gasteiger partial charge in [0.2, 0.25) is 10.0 Å². The molecule has 0 bridgehead atoms. The van der Waals surface area contributed by atoms with Crippen molar-refractivity contribution in [2.24, 2.45) is 0 Å². The molecule has 38 heavy (non-hydrogen) atoms. The monoisotopic (exact) mass is 638 g/mol. The first-order valence-electron chi connectivity index (χ1n) is 11.6. The quantitative estimate of drug-likeness (QED) is 0.189. The molecule has 2 heterocycles. The Morgan fingerprint density at radius 1 is 1.24 bits per heavy atom. The van der Waals surface area contributed by atoms with E-state index in [9.17, 15) is 18.0 Å². The van der Waals surface area contributed by atoms with Crippen molar-refractivity contribution in [1.29, 1.82) is 0 Å². The number of carbonyl (C=O) groups excluding carboxylic acids is 2. The van der Waals surface area contributed by atoms with Gasteiger partial charge in [0.1, 0.15) is 0 Å². The minimum Gasteiger partial charge on any atom is -0.465 e. The number of methoxy groups -OCH3 is 1. The summed E-state index contributed by atoms with van der Waals surface area (Å²) in [6.07, 6.45) is 2.13. The largest absolute Gasteiger partial charge is 0.465 e. The summed E-state index contributed by atoms with van der Waals surface area (Å²) in [5.41, 5.74) is 1.81. The number of carbonyl (C=O) groups is 1. The van der Waals surface area contributed by atoms with Crippen molar-refractivity contribution in [3.05, 3.63) is 74.7 Å². The van der Waals surface area contributed by atoms with Crippen LogP contribution in [0.3, 0.4) is 0 Å². The summed E-state index contributed by atoms with van der Waals surface area (Å²) in [4.78, 5) is 23.9. The van der Waals surface area contributed by atoms with Gasteiger partial charge in [0.15, 0.2) is 22.8 Å². The highest BCUT2D eigenvalue weighted by molar-refractivity contribution is 9.10. The molecule has 1 aromatic heterocycles. The molecule has 0 saturated carbocycles. The van der Waals surface area contributed by atoms with Gasteiger partial charge < -0.3 is 14.8 Å². The predicted molar refractivity (Wildman–Crippen MR) is 152 cm³/mol. The van der Waals surface area contributed by atoms with Crippen molar-refractivity contribution in [3.63, 3.8) is 0 Å². The molecule has 0 unspecified atom stereocenters. The zero-order valence-electron chi connectivity index (χ0n) is 20.3. The maximum atomic E-state index is 13.8. The van der Waals surface area contributed by atoms with Crippen molar-refractivity contribution in [2.45, 2.75) is 24.6 Å². The summed E-state index contributed by atoms with van der Waals surface area (Å²) in [5, 5.41) is 3.82. The fourth-order valence-electron chi connectivity index (χ4n) is 4.28. The number of piperidine rings is 1. The number of sulfonamides is 1. The number of hydrogen-bond acceptors (Lipinski definition) is 8. The lowest BCUT2D eigenvalue weighted by Gasteiger charge is -2.35. The van der Waals surface area contributed by atoms with Crippen LogP contribution in [-0.4, -0.2) is 46.6 Å². The first kappa shape index (κ1) is 28.4. The molecule has 3 aromatic rings. The van der Waals surface area contributed by atoms with Gasteiger partial charge in [0.05, 0.1) is 27.9 Å². The summed E-state index contributed by atoms with van der Waals surface area (Å²) < 4.78 is 39.8. The number of ether oxygens (including phenoxy) is 2. The standard InChI is InChI=1S/C26H24BrClN2O6S2/c1-35-26(32)25-23(36-14-13-31)22(27)24(37-25)18-3-2-4-21(15-18)30(20-9-11-29-12-10-20)38(33,34)16-17-5-7-19(28)8-6-17/h2-8,14-15,20,29H,9-12,16H2,1H3. The summed E-state index contributed by atoms with van der Waals surface area (Å²) in [6, 6.07) is 13.7. The number of benzene rings is 2. The van der Waals surface area contributed by atoms with E-state index in [1.807, 2.05) is 6.07 Å². The third kappa shape index (κ3) is 6.31. The van der Waals surface area contributed by atoms with Gasteiger partial charge in [-0.25, -0.2) is 18.0 Å². The van der Waals surface area contributed by atoms with E-state index in [0.717, 1.165) is 17.6 Å². The van der Waals surface area contributed by atoms with Crippen molar-refractivity contribution in [1.82, 2.24) is 5.32 Å². The highest BCUT2D eigenvalue weighted by Gasteiger charge is 2.32. The number of nitrogens with zero attached hydrogens (tertiary/aromatic N) is 1. The molecule has 1 aliphatic heterocycles. The van der Waals surface area contributed by atoms with Gasteiger partial charge in [0.25, 0.3) is 0 Å². The third-order valence-electron chi connectivity index (χ3n) is 5.97. The van der Waals surface area contributed by atoms with Crippen LogP contribution in [0.5, 0.6) is 5.75 Å². The molecule has 1 aliphatic rings. The normalized spacial score (nSPS) is 14.0. The van der Waals surface area contributed by atoms with E-state index in [2.05, 4.69) is 21.2 Å². The zero-order chi connectivity index (χ0) is 27.3. The molecule has 0 atom stereocenters. The minimum atomic E-state index is -3.78. The zero-order valence-corrected chi connectivity index (χ0v) is 24.3. The fraction of sp³-hybridized carbons (Fsp3) is 0.269. The summed E-state index contributed by atoms with van der Waals surface area (Å²) in [7, 11) is -2.53. The smallest absolute Gasteiger partial charge is 0.351 e. The first-order chi connectivity index (χ1) is 18.2.